The van der Waals surface area contributed by atoms with Gasteiger partial charge in [0.25, 0.3) is 0 Å². The van der Waals surface area contributed by atoms with Gasteiger partial charge >= 0.3 is 22.4 Å². The minimum Gasteiger partial charge on any atom is -0.199 e. The van der Waals surface area contributed by atoms with Gasteiger partial charge in [-0.05, 0) is 0 Å². The molecule has 0 heterocycles. The van der Waals surface area contributed by atoms with Crippen molar-refractivity contribution in [1.29, 1.82) is 0 Å². The molecule has 15 heavy (non-hydrogen) atoms. The van der Waals surface area contributed by atoms with Crippen molar-refractivity contribution in [3.05, 3.63) is 85.6 Å². The standard InChI is InChI=1S/2C7H7.Nb/c2*1-7-5-3-2-4-6-7;/h2*2-6H,1H2;/q2*-1;+2. The minimum atomic E-state index is 0. The summed E-state index contributed by atoms with van der Waals surface area (Å²) in [6, 6.07) is 19.7. The Morgan fingerprint density at radius 1 is 0.533 bits per heavy atom. The molecule has 0 N–H and O–H groups in total. The summed E-state index contributed by atoms with van der Waals surface area (Å²) in [4.78, 5) is 0. The van der Waals surface area contributed by atoms with Crippen molar-refractivity contribution in [2.45, 2.75) is 0 Å². The van der Waals surface area contributed by atoms with E-state index in [9.17, 15) is 0 Å². The van der Waals surface area contributed by atoms with Crippen LogP contribution in [0, 0.1) is 13.8 Å². The van der Waals surface area contributed by atoms with E-state index in [2.05, 4.69) is 13.8 Å². The SMILES string of the molecule is [CH2-]c1ccccc1.[CH2-]c1ccccc1.[Nb+2]. The summed E-state index contributed by atoms with van der Waals surface area (Å²) >= 11 is 0. The molecule has 0 spiro atoms. The van der Waals surface area contributed by atoms with Gasteiger partial charge in [0, 0.05) is 0 Å². The van der Waals surface area contributed by atoms with Gasteiger partial charge in [-0.15, -0.1) is 24.3 Å². The third kappa shape index (κ3) is 6.92. The second-order valence-electron chi connectivity index (χ2n) is 2.97. The predicted octanol–water partition coefficient (Wildman–Crippen LogP) is 3.74. The average Bonchev–Trinajstić information content (AvgIpc) is 2.21. The number of hydrogen-bond donors (Lipinski definition) is 0. The van der Waals surface area contributed by atoms with E-state index < -0.39 is 0 Å². The van der Waals surface area contributed by atoms with E-state index in [0.717, 1.165) is 11.1 Å². The van der Waals surface area contributed by atoms with Crippen molar-refractivity contribution >= 4 is 0 Å². The minimum absolute atomic E-state index is 0. The van der Waals surface area contributed by atoms with Crippen LogP contribution in [0.1, 0.15) is 11.1 Å². The molecule has 1 heteroatoms. The monoisotopic (exact) mass is 275 g/mol. The first-order chi connectivity index (χ1) is 6.79. The smallest absolute Gasteiger partial charge is 0.199 e. The molecule has 2 aromatic carbocycles. The first-order valence-corrected chi connectivity index (χ1v) is 4.53. The molecule has 1 radical (unpaired) electrons. The van der Waals surface area contributed by atoms with Crippen molar-refractivity contribution in [3.8, 4) is 0 Å². The molecule has 0 aromatic heterocycles. The van der Waals surface area contributed by atoms with Crippen molar-refractivity contribution in [2.75, 3.05) is 0 Å². The Morgan fingerprint density at radius 2 is 0.800 bits per heavy atom. The fraction of sp³-hybridized carbons (Fsp3) is 0. The van der Waals surface area contributed by atoms with Crippen molar-refractivity contribution < 1.29 is 22.4 Å². The first-order valence-electron chi connectivity index (χ1n) is 4.53. The van der Waals surface area contributed by atoms with Crippen molar-refractivity contribution in [2.24, 2.45) is 0 Å². The van der Waals surface area contributed by atoms with Crippen LogP contribution in [0.15, 0.2) is 60.7 Å². The van der Waals surface area contributed by atoms with Gasteiger partial charge in [-0.2, -0.15) is 49.2 Å². The number of rotatable bonds is 0. The molecule has 0 amide bonds. The van der Waals surface area contributed by atoms with Crippen LogP contribution in [-0.2, 0) is 22.4 Å². The fourth-order valence-corrected chi connectivity index (χ4v) is 0.956. The molecular formula is C14H14Nb. The number of benzene rings is 2. The molecule has 0 aliphatic rings. The average molecular weight is 275 g/mol. The zero-order valence-electron chi connectivity index (χ0n) is 8.63. The molecule has 0 bridgehead atoms. The Labute approximate surface area is 108 Å². The van der Waals surface area contributed by atoms with Gasteiger partial charge in [-0.25, -0.2) is 0 Å². The maximum absolute atomic E-state index is 3.72. The Hall–Kier alpha value is -1.08. The van der Waals surface area contributed by atoms with Crippen LogP contribution in [0.5, 0.6) is 0 Å². The van der Waals surface area contributed by atoms with Crippen LogP contribution < -0.4 is 0 Å². The summed E-state index contributed by atoms with van der Waals surface area (Å²) < 4.78 is 0. The van der Waals surface area contributed by atoms with Crippen LogP contribution in [0.25, 0.3) is 0 Å². The van der Waals surface area contributed by atoms with E-state index in [4.69, 9.17) is 0 Å². The third-order valence-electron chi connectivity index (χ3n) is 1.69. The summed E-state index contributed by atoms with van der Waals surface area (Å²) in [6.45, 7) is 7.44. The molecule has 0 saturated heterocycles. The Balaban J connectivity index is 0.000000245. The summed E-state index contributed by atoms with van der Waals surface area (Å²) in [6.07, 6.45) is 0. The molecule has 2 rings (SSSR count). The van der Waals surface area contributed by atoms with E-state index >= 15 is 0 Å². The summed E-state index contributed by atoms with van der Waals surface area (Å²) in [5.41, 5.74) is 2.14. The van der Waals surface area contributed by atoms with Gasteiger partial charge < -0.3 is 0 Å². The van der Waals surface area contributed by atoms with Gasteiger partial charge in [0.05, 0.1) is 0 Å². The van der Waals surface area contributed by atoms with Crippen LogP contribution in [-0.4, -0.2) is 0 Å². The van der Waals surface area contributed by atoms with Gasteiger partial charge in [0.1, 0.15) is 0 Å². The zero-order chi connectivity index (χ0) is 10.2. The Morgan fingerprint density at radius 3 is 0.933 bits per heavy atom. The molecule has 0 unspecified atom stereocenters. The van der Waals surface area contributed by atoms with E-state index in [1.807, 2.05) is 60.7 Å². The molecule has 0 fully saturated rings. The van der Waals surface area contributed by atoms with E-state index in [-0.39, 0.29) is 22.4 Å². The van der Waals surface area contributed by atoms with E-state index in [1.165, 1.54) is 0 Å². The molecule has 0 aliphatic carbocycles. The molecule has 0 nitrogen and oxygen atoms in total. The molecule has 0 aliphatic heterocycles. The predicted molar refractivity (Wildman–Crippen MR) is 61.8 cm³/mol. The third-order valence-corrected chi connectivity index (χ3v) is 1.69. The molecular weight excluding hydrogens is 261 g/mol. The maximum atomic E-state index is 3.72. The summed E-state index contributed by atoms with van der Waals surface area (Å²) in [7, 11) is 0. The maximum Gasteiger partial charge on any atom is 2.00 e. The van der Waals surface area contributed by atoms with E-state index in [1.54, 1.807) is 0 Å². The van der Waals surface area contributed by atoms with Gasteiger partial charge in [0.15, 0.2) is 0 Å². The largest absolute Gasteiger partial charge is 2.00 e. The quantitative estimate of drug-likeness (QED) is 0.507. The van der Waals surface area contributed by atoms with E-state index in [0.29, 0.717) is 0 Å². The molecule has 0 saturated carbocycles. The summed E-state index contributed by atoms with van der Waals surface area (Å²) in [5, 5.41) is 0. The molecule has 75 valence electrons. The second kappa shape index (κ2) is 8.25. The van der Waals surface area contributed by atoms with Crippen LogP contribution in [0.3, 0.4) is 0 Å². The topological polar surface area (TPSA) is 0 Å². The van der Waals surface area contributed by atoms with Gasteiger partial charge in [-0.3, -0.25) is 0 Å². The normalized spacial score (nSPS) is 8.00. The fourth-order valence-electron chi connectivity index (χ4n) is 0.956. The molecule has 0 atom stereocenters. The van der Waals surface area contributed by atoms with Crippen LogP contribution in [0.2, 0.25) is 0 Å². The van der Waals surface area contributed by atoms with Gasteiger partial charge in [-0.1, -0.05) is 12.1 Å². The Bertz CT molecular complexity index is 303. The summed E-state index contributed by atoms with van der Waals surface area (Å²) in [5.74, 6) is 0. The number of hydrogen-bond acceptors (Lipinski definition) is 0. The van der Waals surface area contributed by atoms with Crippen molar-refractivity contribution in [1.82, 2.24) is 0 Å². The second-order valence-corrected chi connectivity index (χ2v) is 2.97. The van der Waals surface area contributed by atoms with Crippen LogP contribution in [0.4, 0.5) is 0 Å². The van der Waals surface area contributed by atoms with Crippen LogP contribution >= 0.6 is 0 Å². The van der Waals surface area contributed by atoms with Gasteiger partial charge in [0.2, 0.25) is 0 Å². The van der Waals surface area contributed by atoms with Crippen molar-refractivity contribution in [3.63, 3.8) is 0 Å². The Kier molecular flexibility index (Phi) is 7.65. The molecule has 2 aromatic rings. The first kappa shape index (κ1) is 13.9. The zero-order valence-corrected chi connectivity index (χ0v) is 10.8.